The molecule has 0 spiro atoms. The highest BCUT2D eigenvalue weighted by molar-refractivity contribution is 9.10. The van der Waals surface area contributed by atoms with Gasteiger partial charge in [-0.1, -0.05) is 28.1 Å². The Balaban J connectivity index is 1.87. The molecule has 1 fully saturated rings. The molecule has 4 heteroatoms. The van der Waals surface area contributed by atoms with Crippen LogP contribution in [-0.4, -0.2) is 37.0 Å². The summed E-state index contributed by atoms with van der Waals surface area (Å²) in [4.78, 5) is 14.3. The predicted molar refractivity (Wildman–Crippen MR) is 81.1 cm³/mol. The molecule has 1 aliphatic heterocycles. The minimum Gasteiger partial charge on any atom is -0.338 e. The molecule has 1 N–H and O–H groups in total. The fourth-order valence-corrected chi connectivity index (χ4v) is 3.15. The third-order valence-corrected chi connectivity index (χ3v) is 4.15. The van der Waals surface area contributed by atoms with Crippen molar-refractivity contribution in [3.05, 3.63) is 34.3 Å². The summed E-state index contributed by atoms with van der Waals surface area (Å²) < 4.78 is 1.08. The quantitative estimate of drug-likeness (QED) is 0.902. The van der Waals surface area contributed by atoms with E-state index in [0.717, 1.165) is 36.8 Å². The zero-order valence-electron chi connectivity index (χ0n) is 11.4. The molecule has 0 bridgehead atoms. The first-order chi connectivity index (χ1) is 9.20. The first-order valence-corrected chi connectivity index (χ1v) is 7.68. The number of rotatable bonds is 5. The highest BCUT2D eigenvalue weighted by Gasteiger charge is 2.27. The lowest BCUT2D eigenvalue weighted by atomic mass is 10.1. The van der Waals surface area contributed by atoms with Crippen LogP contribution in [0.5, 0.6) is 0 Å². The molecular formula is C15H21BrN2O. The second-order valence-electron chi connectivity index (χ2n) is 5.07. The van der Waals surface area contributed by atoms with Crippen LogP contribution < -0.4 is 5.32 Å². The van der Waals surface area contributed by atoms with Crippen LogP contribution in [0.25, 0.3) is 0 Å². The lowest BCUT2D eigenvalue weighted by Gasteiger charge is -2.24. The number of carbonyl (C=O) groups is 1. The first-order valence-electron chi connectivity index (χ1n) is 6.89. The van der Waals surface area contributed by atoms with E-state index in [2.05, 4.69) is 38.3 Å². The monoisotopic (exact) mass is 324 g/mol. The lowest BCUT2D eigenvalue weighted by molar-refractivity contribution is -0.131. The van der Waals surface area contributed by atoms with Crippen LogP contribution in [0, 0.1) is 0 Å². The van der Waals surface area contributed by atoms with Gasteiger partial charge < -0.3 is 10.2 Å². The molecule has 1 saturated heterocycles. The molecule has 0 radical (unpaired) electrons. The Labute approximate surface area is 123 Å². The molecular weight excluding hydrogens is 304 g/mol. The zero-order valence-corrected chi connectivity index (χ0v) is 12.9. The van der Waals surface area contributed by atoms with Crippen LogP contribution in [-0.2, 0) is 11.2 Å². The van der Waals surface area contributed by atoms with E-state index >= 15 is 0 Å². The highest BCUT2D eigenvalue weighted by Crippen LogP contribution is 2.19. The minimum absolute atomic E-state index is 0.290. The number of hydrogen-bond acceptors (Lipinski definition) is 2. The molecule has 0 aromatic heterocycles. The molecule has 2 rings (SSSR count). The minimum atomic E-state index is 0.290. The van der Waals surface area contributed by atoms with E-state index in [1.807, 2.05) is 19.2 Å². The molecule has 0 aliphatic carbocycles. The third-order valence-electron chi connectivity index (χ3n) is 3.65. The van der Waals surface area contributed by atoms with Gasteiger partial charge in [-0.3, -0.25) is 4.79 Å². The van der Waals surface area contributed by atoms with Crippen LogP contribution in [0.4, 0.5) is 0 Å². The van der Waals surface area contributed by atoms with Gasteiger partial charge in [0.15, 0.2) is 0 Å². The van der Waals surface area contributed by atoms with E-state index in [0.29, 0.717) is 12.5 Å². The normalized spacial score (nSPS) is 18.8. The largest absolute Gasteiger partial charge is 0.338 e. The first kappa shape index (κ1) is 14.5. The summed E-state index contributed by atoms with van der Waals surface area (Å²) in [6.45, 7) is 1.83. The van der Waals surface area contributed by atoms with E-state index in [1.165, 1.54) is 5.56 Å². The SMILES string of the molecule is CNCC1CCCN1C(=O)CCc1cccc(Br)c1. The summed E-state index contributed by atoms with van der Waals surface area (Å²) in [5, 5.41) is 3.18. The number of nitrogens with zero attached hydrogens (tertiary/aromatic N) is 1. The molecule has 3 nitrogen and oxygen atoms in total. The molecule has 1 aliphatic rings. The summed E-state index contributed by atoms with van der Waals surface area (Å²) in [6, 6.07) is 8.58. The highest BCUT2D eigenvalue weighted by atomic mass is 79.9. The maximum absolute atomic E-state index is 12.3. The summed E-state index contributed by atoms with van der Waals surface area (Å²) >= 11 is 3.46. The fraction of sp³-hybridized carbons (Fsp3) is 0.533. The van der Waals surface area contributed by atoms with E-state index in [1.54, 1.807) is 0 Å². The van der Waals surface area contributed by atoms with Crippen LogP contribution in [0.15, 0.2) is 28.7 Å². The van der Waals surface area contributed by atoms with Gasteiger partial charge in [0.25, 0.3) is 0 Å². The van der Waals surface area contributed by atoms with Crippen molar-refractivity contribution in [1.29, 1.82) is 0 Å². The third kappa shape index (κ3) is 4.05. The number of nitrogens with one attached hydrogen (secondary N) is 1. The molecule has 1 unspecified atom stereocenters. The Morgan fingerprint density at radius 3 is 3.11 bits per heavy atom. The number of likely N-dealkylation sites (N-methyl/N-ethyl adjacent to an activating group) is 1. The van der Waals surface area contributed by atoms with Crippen LogP contribution >= 0.6 is 15.9 Å². The summed E-state index contributed by atoms with van der Waals surface area (Å²) in [6.07, 6.45) is 3.69. The fourth-order valence-electron chi connectivity index (χ4n) is 2.70. The molecule has 104 valence electrons. The Kier molecular flexibility index (Phi) is 5.40. The standard InChI is InChI=1S/C15H21BrN2O/c1-17-11-14-6-3-9-18(14)15(19)8-7-12-4-2-5-13(16)10-12/h2,4-5,10,14,17H,3,6-9,11H2,1H3. The van der Waals surface area contributed by atoms with Gasteiger partial charge in [-0.25, -0.2) is 0 Å². The second kappa shape index (κ2) is 7.06. The predicted octanol–water partition coefficient (Wildman–Crippen LogP) is 2.59. The van der Waals surface area contributed by atoms with Gasteiger partial charge in [-0.15, -0.1) is 0 Å². The van der Waals surface area contributed by atoms with Gasteiger partial charge in [0.2, 0.25) is 5.91 Å². The summed E-state index contributed by atoms with van der Waals surface area (Å²) in [5.74, 6) is 0.290. The average Bonchev–Trinajstić information content (AvgIpc) is 2.85. The van der Waals surface area contributed by atoms with Crippen molar-refractivity contribution in [2.45, 2.75) is 31.7 Å². The van der Waals surface area contributed by atoms with E-state index in [4.69, 9.17) is 0 Å². The van der Waals surface area contributed by atoms with Crippen molar-refractivity contribution in [1.82, 2.24) is 10.2 Å². The van der Waals surface area contributed by atoms with Gasteiger partial charge in [-0.2, -0.15) is 0 Å². The topological polar surface area (TPSA) is 32.3 Å². The van der Waals surface area contributed by atoms with E-state index < -0.39 is 0 Å². The number of likely N-dealkylation sites (tertiary alicyclic amines) is 1. The van der Waals surface area contributed by atoms with Crippen LogP contribution in [0.3, 0.4) is 0 Å². The molecule has 1 amide bonds. The number of carbonyl (C=O) groups excluding carboxylic acids is 1. The Bertz CT molecular complexity index is 436. The molecule has 1 heterocycles. The Hall–Kier alpha value is -0.870. The zero-order chi connectivity index (χ0) is 13.7. The van der Waals surface area contributed by atoms with Crippen molar-refractivity contribution in [2.24, 2.45) is 0 Å². The number of aryl methyl sites for hydroxylation is 1. The molecule has 1 atom stereocenters. The lowest BCUT2D eigenvalue weighted by Crippen LogP contribution is -2.40. The van der Waals surface area contributed by atoms with Crippen LogP contribution in [0.2, 0.25) is 0 Å². The van der Waals surface area contributed by atoms with Crippen LogP contribution in [0.1, 0.15) is 24.8 Å². The molecule has 1 aromatic rings. The Morgan fingerprint density at radius 2 is 2.37 bits per heavy atom. The molecule has 0 saturated carbocycles. The van der Waals surface area contributed by atoms with Crippen molar-refractivity contribution < 1.29 is 4.79 Å². The average molecular weight is 325 g/mol. The number of benzene rings is 1. The maximum Gasteiger partial charge on any atom is 0.223 e. The van der Waals surface area contributed by atoms with Crippen molar-refractivity contribution >= 4 is 21.8 Å². The van der Waals surface area contributed by atoms with Crippen molar-refractivity contribution in [3.8, 4) is 0 Å². The number of amides is 1. The maximum atomic E-state index is 12.3. The van der Waals surface area contributed by atoms with Gasteiger partial charge in [-0.05, 0) is 44.0 Å². The number of hydrogen-bond donors (Lipinski definition) is 1. The van der Waals surface area contributed by atoms with Crippen molar-refractivity contribution in [3.63, 3.8) is 0 Å². The van der Waals surface area contributed by atoms with Gasteiger partial charge in [0, 0.05) is 30.0 Å². The van der Waals surface area contributed by atoms with Gasteiger partial charge >= 0.3 is 0 Å². The Morgan fingerprint density at radius 1 is 1.53 bits per heavy atom. The van der Waals surface area contributed by atoms with Gasteiger partial charge in [0.05, 0.1) is 0 Å². The van der Waals surface area contributed by atoms with E-state index in [-0.39, 0.29) is 5.91 Å². The van der Waals surface area contributed by atoms with E-state index in [9.17, 15) is 4.79 Å². The summed E-state index contributed by atoms with van der Waals surface area (Å²) in [5.41, 5.74) is 1.21. The number of halogens is 1. The smallest absolute Gasteiger partial charge is 0.223 e. The molecule has 19 heavy (non-hydrogen) atoms. The molecule has 1 aromatic carbocycles. The second-order valence-corrected chi connectivity index (χ2v) is 5.99. The van der Waals surface area contributed by atoms with Gasteiger partial charge in [0.1, 0.15) is 0 Å². The van der Waals surface area contributed by atoms with Crippen molar-refractivity contribution in [2.75, 3.05) is 20.1 Å². The summed E-state index contributed by atoms with van der Waals surface area (Å²) in [7, 11) is 1.95.